The average molecular weight is 305 g/mol. The van der Waals surface area contributed by atoms with Crippen molar-refractivity contribution in [1.82, 2.24) is 0 Å². The van der Waals surface area contributed by atoms with Crippen LogP contribution in [0.5, 0.6) is 5.75 Å². The van der Waals surface area contributed by atoms with Crippen LogP contribution in [-0.4, -0.2) is 12.3 Å². The van der Waals surface area contributed by atoms with Gasteiger partial charge < -0.3 is 14.8 Å². The number of ether oxygens (including phenoxy) is 2. The van der Waals surface area contributed by atoms with Crippen molar-refractivity contribution in [3.05, 3.63) is 59.4 Å². The minimum atomic E-state index is -0.368. The molecule has 0 saturated heterocycles. The van der Waals surface area contributed by atoms with Gasteiger partial charge in [-0.25, -0.2) is 4.39 Å². The van der Waals surface area contributed by atoms with Gasteiger partial charge in [0.15, 0.2) is 11.6 Å². The van der Waals surface area contributed by atoms with Crippen LogP contribution in [0.25, 0.3) is 0 Å². The summed E-state index contributed by atoms with van der Waals surface area (Å²) >= 11 is 4.98. The highest BCUT2D eigenvalue weighted by atomic mass is 32.1. The maximum absolute atomic E-state index is 13.7. The Balaban J connectivity index is 2.11. The molecule has 0 spiro atoms. The summed E-state index contributed by atoms with van der Waals surface area (Å²) in [7, 11) is 1.50. The van der Waals surface area contributed by atoms with Gasteiger partial charge in [-0.15, -0.1) is 0 Å². The molecule has 2 aromatic carbocycles. The molecule has 0 bridgehead atoms. The molecule has 2 rings (SSSR count). The van der Waals surface area contributed by atoms with E-state index in [1.807, 2.05) is 37.3 Å². The fourth-order valence-corrected chi connectivity index (χ4v) is 1.92. The lowest BCUT2D eigenvalue weighted by atomic mass is 10.2. The van der Waals surface area contributed by atoms with Gasteiger partial charge in [0.2, 0.25) is 0 Å². The van der Waals surface area contributed by atoms with Gasteiger partial charge in [0.25, 0.3) is 5.17 Å². The Morgan fingerprint density at radius 2 is 2.00 bits per heavy atom. The fourth-order valence-electron chi connectivity index (χ4n) is 1.81. The standard InChI is InChI=1S/C16H16FNO2S/c1-11-7-8-15(13(17)9-11)20-10-12-5-3-4-6-14(12)18-16(21)19-2/h3-9H,10H2,1-2H3,(H,18,21). The van der Waals surface area contributed by atoms with Crippen LogP contribution < -0.4 is 10.1 Å². The summed E-state index contributed by atoms with van der Waals surface area (Å²) in [5.74, 6) is -0.141. The normalized spacial score (nSPS) is 10.0. The van der Waals surface area contributed by atoms with Crippen LogP contribution in [0.4, 0.5) is 10.1 Å². The summed E-state index contributed by atoms with van der Waals surface area (Å²) in [6, 6.07) is 12.4. The van der Waals surface area contributed by atoms with Gasteiger partial charge in [0.05, 0.1) is 7.11 Å². The molecule has 0 aliphatic rings. The van der Waals surface area contributed by atoms with E-state index < -0.39 is 0 Å². The largest absolute Gasteiger partial charge is 0.486 e. The minimum absolute atomic E-state index is 0.227. The molecule has 21 heavy (non-hydrogen) atoms. The number of nitrogens with one attached hydrogen (secondary N) is 1. The van der Waals surface area contributed by atoms with Crippen molar-refractivity contribution in [2.24, 2.45) is 0 Å². The Kier molecular flexibility index (Phi) is 5.11. The van der Waals surface area contributed by atoms with E-state index in [4.69, 9.17) is 21.7 Å². The first-order valence-electron chi connectivity index (χ1n) is 6.42. The van der Waals surface area contributed by atoms with Crippen molar-refractivity contribution in [3.8, 4) is 5.75 Å². The highest BCUT2D eigenvalue weighted by Gasteiger charge is 2.07. The lowest BCUT2D eigenvalue weighted by molar-refractivity contribution is 0.290. The summed E-state index contributed by atoms with van der Waals surface area (Å²) in [6.45, 7) is 2.06. The van der Waals surface area contributed by atoms with Crippen molar-refractivity contribution in [1.29, 1.82) is 0 Å². The molecule has 5 heteroatoms. The number of halogens is 1. The molecule has 0 aliphatic heterocycles. The molecule has 0 saturated carbocycles. The second-order valence-corrected chi connectivity index (χ2v) is 4.87. The third-order valence-corrected chi connectivity index (χ3v) is 3.18. The van der Waals surface area contributed by atoms with Gasteiger partial charge in [-0.3, -0.25) is 0 Å². The topological polar surface area (TPSA) is 30.5 Å². The number of benzene rings is 2. The number of rotatable bonds is 4. The first-order valence-corrected chi connectivity index (χ1v) is 6.83. The minimum Gasteiger partial charge on any atom is -0.486 e. The molecule has 0 aromatic heterocycles. The van der Waals surface area contributed by atoms with Crippen LogP contribution in [0.15, 0.2) is 42.5 Å². The van der Waals surface area contributed by atoms with Crippen molar-refractivity contribution in [3.63, 3.8) is 0 Å². The predicted molar refractivity (Wildman–Crippen MR) is 85.1 cm³/mol. The summed E-state index contributed by atoms with van der Waals surface area (Å²) in [4.78, 5) is 0. The Morgan fingerprint density at radius 1 is 1.24 bits per heavy atom. The maximum Gasteiger partial charge on any atom is 0.260 e. The fraction of sp³-hybridized carbons (Fsp3) is 0.188. The average Bonchev–Trinajstić information content (AvgIpc) is 2.47. The SMILES string of the molecule is COC(=S)Nc1ccccc1COc1ccc(C)cc1F. The first kappa shape index (κ1) is 15.3. The molecule has 1 N–H and O–H groups in total. The Hall–Kier alpha value is -2.14. The van der Waals surface area contributed by atoms with Gasteiger partial charge in [0.1, 0.15) is 6.61 Å². The van der Waals surface area contributed by atoms with Crippen molar-refractivity contribution >= 4 is 23.1 Å². The second-order valence-electron chi connectivity index (χ2n) is 4.50. The van der Waals surface area contributed by atoms with Gasteiger partial charge in [-0.05, 0) is 42.9 Å². The van der Waals surface area contributed by atoms with E-state index in [1.54, 1.807) is 6.07 Å². The van der Waals surface area contributed by atoms with E-state index >= 15 is 0 Å². The molecule has 0 heterocycles. The zero-order valence-corrected chi connectivity index (χ0v) is 12.7. The zero-order chi connectivity index (χ0) is 15.2. The van der Waals surface area contributed by atoms with Crippen molar-refractivity contribution < 1.29 is 13.9 Å². The van der Waals surface area contributed by atoms with Crippen molar-refractivity contribution in [2.75, 3.05) is 12.4 Å². The molecule has 0 radical (unpaired) electrons. The lowest BCUT2D eigenvalue weighted by Crippen LogP contribution is -2.13. The second kappa shape index (κ2) is 7.04. The maximum atomic E-state index is 13.7. The molecule has 110 valence electrons. The number of thiocarbonyl (C=S) groups is 1. The Morgan fingerprint density at radius 3 is 2.71 bits per heavy atom. The Bertz CT molecular complexity index is 646. The molecule has 2 aromatic rings. The van der Waals surface area contributed by atoms with Gasteiger partial charge in [-0.2, -0.15) is 0 Å². The van der Waals surface area contributed by atoms with Crippen LogP contribution in [0.2, 0.25) is 0 Å². The number of hydrogen-bond donors (Lipinski definition) is 1. The van der Waals surface area contributed by atoms with Gasteiger partial charge >= 0.3 is 0 Å². The number of para-hydroxylation sites is 1. The number of hydrogen-bond acceptors (Lipinski definition) is 3. The Labute approximate surface area is 128 Å². The first-order chi connectivity index (χ1) is 10.1. The van der Waals surface area contributed by atoms with Crippen LogP contribution >= 0.6 is 12.2 Å². The predicted octanol–water partition coefficient (Wildman–Crippen LogP) is 4.06. The van der Waals surface area contributed by atoms with Crippen LogP contribution in [0, 0.1) is 12.7 Å². The molecule has 0 aliphatic carbocycles. The number of methoxy groups -OCH3 is 1. The smallest absolute Gasteiger partial charge is 0.260 e. The molecule has 0 atom stereocenters. The quantitative estimate of drug-likeness (QED) is 0.863. The molecular formula is C16H16FNO2S. The van der Waals surface area contributed by atoms with Crippen LogP contribution in [0.3, 0.4) is 0 Å². The van der Waals surface area contributed by atoms with E-state index in [9.17, 15) is 4.39 Å². The number of aryl methyl sites for hydroxylation is 1. The molecule has 3 nitrogen and oxygen atoms in total. The summed E-state index contributed by atoms with van der Waals surface area (Å²) in [5, 5.41) is 3.22. The van der Waals surface area contributed by atoms with Crippen LogP contribution in [0.1, 0.15) is 11.1 Å². The van der Waals surface area contributed by atoms with E-state index in [1.165, 1.54) is 13.2 Å². The van der Waals surface area contributed by atoms with E-state index in [0.29, 0.717) is 0 Å². The number of anilines is 1. The zero-order valence-electron chi connectivity index (χ0n) is 11.9. The third-order valence-electron chi connectivity index (χ3n) is 2.91. The summed E-state index contributed by atoms with van der Waals surface area (Å²) in [5.41, 5.74) is 2.49. The van der Waals surface area contributed by atoms with E-state index in [-0.39, 0.29) is 23.3 Å². The van der Waals surface area contributed by atoms with E-state index in [2.05, 4.69) is 5.32 Å². The van der Waals surface area contributed by atoms with Gasteiger partial charge in [-0.1, -0.05) is 24.3 Å². The molecular weight excluding hydrogens is 289 g/mol. The monoisotopic (exact) mass is 305 g/mol. The molecule has 0 amide bonds. The van der Waals surface area contributed by atoms with Crippen LogP contribution in [-0.2, 0) is 11.3 Å². The lowest BCUT2D eigenvalue weighted by Gasteiger charge is -2.13. The highest BCUT2D eigenvalue weighted by Crippen LogP contribution is 2.22. The third kappa shape index (κ3) is 4.16. The molecule has 0 fully saturated rings. The van der Waals surface area contributed by atoms with E-state index in [0.717, 1.165) is 16.8 Å². The van der Waals surface area contributed by atoms with Gasteiger partial charge in [0, 0.05) is 11.3 Å². The highest BCUT2D eigenvalue weighted by molar-refractivity contribution is 7.80. The van der Waals surface area contributed by atoms with Crippen molar-refractivity contribution in [2.45, 2.75) is 13.5 Å². The molecule has 0 unspecified atom stereocenters. The summed E-state index contributed by atoms with van der Waals surface area (Å²) < 4.78 is 24.2. The summed E-state index contributed by atoms with van der Waals surface area (Å²) in [6.07, 6.45) is 0.